The smallest absolute Gasteiger partial charge is 0.224 e. The predicted molar refractivity (Wildman–Crippen MR) is 117 cm³/mol. The normalized spacial score (nSPS) is 12.6. The maximum atomic E-state index is 12.2. The summed E-state index contributed by atoms with van der Waals surface area (Å²) in [6.45, 7) is 1.79. The zero-order chi connectivity index (χ0) is 17.9. The van der Waals surface area contributed by atoms with Crippen molar-refractivity contribution in [2.75, 3.05) is 12.3 Å². The molecule has 2 heterocycles. The van der Waals surface area contributed by atoms with Crippen LogP contribution in [0.15, 0.2) is 48.5 Å². The van der Waals surface area contributed by atoms with Crippen LogP contribution in [0.2, 0.25) is 0 Å². The molecule has 1 amide bonds. The van der Waals surface area contributed by atoms with Crippen LogP contribution >= 0.6 is 12.4 Å². The van der Waals surface area contributed by atoms with E-state index in [2.05, 4.69) is 34.1 Å². The number of hydrogen-bond acceptors (Lipinski definition) is 2. The van der Waals surface area contributed by atoms with E-state index in [1.165, 1.54) is 35.0 Å². The van der Waals surface area contributed by atoms with Crippen LogP contribution in [0, 0.1) is 0 Å². The summed E-state index contributed by atoms with van der Waals surface area (Å²) in [5.74, 6) is 0.0622. The van der Waals surface area contributed by atoms with Gasteiger partial charge in [0, 0.05) is 35.4 Å². The number of carbonyl (C=O) groups is 1. The van der Waals surface area contributed by atoms with E-state index in [0.717, 1.165) is 30.6 Å². The Morgan fingerprint density at radius 3 is 2.61 bits per heavy atom. The number of anilines is 1. The van der Waals surface area contributed by atoms with Crippen molar-refractivity contribution in [2.24, 2.45) is 0 Å². The third-order valence-electron chi connectivity index (χ3n) is 5.28. The Kier molecular flexibility index (Phi) is 7.49. The number of benzene rings is 2. The Balaban J connectivity index is 0.00000140. The summed E-state index contributed by atoms with van der Waals surface area (Å²) in [7, 11) is 0. The summed E-state index contributed by atoms with van der Waals surface area (Å²) in [5.41, 5.74) is 11.6. The first-order valence-corrected chi connectivity index (χ1v) is 9.42. The van der Waals surface area contributed by atoms with Gasteiger partial charge in [-0.3, -0.25) is 4.79 Å². The van der Waals surface area contributed by atoms with Gasteiger partial charge < -0.3 is 21.1 Å². The Bertz CT molecular complexity index is 935. The minimum Gasteiger partial charge on any atom is -0.412 e. The van der Waals surface area contributed by atoms with Gasteiger partial charge in [-0.1, -0.05) is 30.3 Å². The summed E-state index contributed by atoms with van der Waals surface area (Å²) in [5, 5.41) is 4.42. The van der Waals surface area contributed by atoms with Crippen LogP contribution in [-0.4, -0.2) is 22.5 Å². The number of nitrogen functional groups attached to an aromatic ring is 1. The highest BCUT2D eigenvalue weighted by atomic mass is 35.5. The van der Waals surface area contributed by atoms with Crippen LogP contribution in [0.1, 0.15) is 29.7 Å². The van der Waals surface area contributed by atoms with E-state index in [9.17, 15) is 4.79 Å². The molecule has 5 N–H and O–H groups in total. The maximum Gasteiger partial charge on any atom is 0.224 e. The van der Waals surface area contributed by atoms with Crippen molar-refractivity contribution < 1.29 is 10.3 Å². The number of nitrogens with one attached hydrogen (secondary N) is 1. The van der Waals surface area contributed by atoms with Crippen LogP contribution in [0.3, 0.4) is 0 Å². The van der Waals surface area contributed by atoms with Gasteiger partial charge >= 0.3 is 0 Å². The van der Waals surface area contributed by atoms with Crippen molar-refractivity contribution in [3.05, 3.63) is 65.4 Å². The SMILES string of the molecule is Cl.Nc1ccc(CC(=O)NCCc2c3n(c4ccccc24)CCCC3)cc1.O. The Hall–Kier alpha value is -2.50. The van der Waals surface area contributed by atoms with Crippen molar-refractivity contribution >= 4 is 34.9 Å². The summed E-state index contributed by atoms with van der Waals surface area (Å²) >= 11 is 0. The van der Waals surface area contributed by atoms with Crippen molar-refractivity contribution in [1.82, 2.24) is 9.88 Å². The van der Waals surface area contributed by atoms with E-state index >= 15 is 0 Å². The van der Waals surface area contributed by atoms with E-state index in [4.69, 9.17) is 5.73 Å². The molecule has 4 rings (SSSR count). The number of para-hydroxylation sites is 1. The molecule has 3 aromatic rings. The van der Waals surface area contributed by atoms with Crippen LogP contribution in [0.5, 0.6) is 0 Å². The average molecular weight is 402 g/mol. The van der Waals surface area contributed by atoms with E-state index in [0.29, 0.717) is 13.0 Å². The second-order valence-corrected chi connectivity index (χ2v) is 7.07. The number of amides is 1. The molecular weight excluding hydrogens is 374 g/mol. The zero-order valence-electron chi connectivity index (χ0n) is 15.9. The van der Waals surface area contributed by atoms with Crippen molar-refractivity contribution in [3.8, 4) is 0 Å². The van der Waals surface area contributed by atoms with Crippen molar-refractivity contribution in [1.29, 1.82) is 0 Å². The highest BCUT2D eigenvalue weighted by Gasteiger charge is 2.19. The number of nitrogens with two attached hydrogens (primary N) is 1. The van der Waals surface area contributed by atoms with E-state index in [-0.39, 0.29) is 23.8 Å². The quantitative estimate of drug-likeness (QED) is 0.643. The highest BCUT2D eigenvalue weighted by Crippen LogP contribution is 2.30. The fraction of sp³-hybridized carbons (Fsp3) is 0.318. The molecule has 150 valence electrons. The van der Waals surface area contributed by atoms with E-state index in [1.54, 1.807) is 0 Å². The van der Waals surface area contributed by atoms with Gasteiger partial charge in [-0.15, -0.1) is 12.4 Å². The first kappa shape index (κ1) is 21.8. The van der Waals surface area contributed by atoms with Gasteiger partial charge in [-0.05, 0) is 55.0 Å². The molecule has 0 saturated carbocycles. The van der Waals surface area contributed by atoms with Crippen LogP contribution < -0.4 is 11.1 Å². The fourth-order valence-corrected chi connectivity index (χ4v) is 4.02. The summed E-state index contributed by atoms with van der Waals surface area (Å²) in [6, 6.07) is 16.1. The molecule has 6 heteroatoms. The lowest BCUT2D eigenvalue weighted by Gasteiger charge is -2.17. The van der Waals surface area contributed by atoms with E-state index in [1.807, 2.05) is 24.3 Å². The van der Waals surface area contributed by atoms with Crippen molar-refractivity contribution in [3.63, 3.8) is 0 Å². The van der Waals surface area contributed by atoms with Gasteiger partial charge in [0.2, 0.25) is 5.91 Å². The zero-order valence-corrected chi connectivity index (χ0v) is 16.7. The maximum absolute atomic E-state index is 12.2. The third kappa shape index (κ3) is 4.49. The van der Waals surface area contributed by atoms with Gasteiger partial charge in [0.15, 0.2) is 0 Å². The number of nitrogens with zero attached hydrogens (tertiary/aromatic N) is 1. The van der Waals surface area contributed by atoms with Gasteiger partial charge in [0.05, 0.1) is 6.42 Å². The average Bonchev–Trinajstić information content (AvgIpc) is 2.98. The van der Waals surface area contributed by atoms with Gasteiger partial charge in [-0.2, -0.15) is 0 Å². The van der Waals surface area contributed by atoms with Gasteiger partial charge in [-0.25, -0.2) is 0 Å². The predicted octanol–water partition coefficient (Wildman–Crippen LogP) is 3.06. The molecule has 1 aliphatic rings. The molecule has 2 aromatic carbocycles. The summed E-state index contributed by atoms with van der Waals surface area (Å²) in [6.07, 6.45) is 4.94. The fourth-order valence-electron chi connectivity index (χ4n) is 4.02. The molecule has 1 aromatic heterocycles. The molecule has 28 heavy (non-hydrogen) atoms. The molecule has 0 atom stereocenters. The van der Waals surface area contributed by atoms with E-state index < -0.39 is 0 Å². The molecule has 0 unspecified atom stereocenters. The summed E-state index contributed by atoms with van der Waals surface area (Å²) in [4.78, 5) is 12.2. The first-order valence-electron chi connectivity index (χ1n) is 9.42. The molecule has 0 bridgehead atoms. The minimum atomic E-state index is 0. The van der Waals surface area contributed by atoms with Crippen molar-refractivity contribution in [2.45, 2.75) is 38.6 Å². The van der Waals surface area contributed by atoms with Crippen LogP contribution in [-0.2, 0) is 30.6 Å². The number of fused-ring (bicyclic) bond motifs is 3. The Morgan fingerprint density at radius 1 is 1.07 bits per heavy atom. The molecule has 0 spiro atoms. The summed E-state index contributed by atoms with van der Waals surface area (Å²) < 4.78 is 2.48. The number of hydrogen-bond donors (Lipinski definition) is 2. The molecule has 1 aliphatic heterocycles. The number of aromatic nitrogens is 1. The molecule has 0 fully saturated rings. The van der Waals surface area contributed by atoms with Crippen LogP contribution in [0.25, 0.3) is 10.9 Å². The third-order valence-corrected chi connectivity index (χ3v) is 5.28. The largest absolute Gasteiger partial charge is 0.412 e. The lowest BCUT2D eigenvalue weighted by atomic mass is 10.0. The Morgan fingerprint density at radius 2 is 1.82 bits per heavy atom. The highest BCUT2D eigenvalue weighted by molar-refractivity contribution is 5.86. The van der Waals surface area contributed by atoms with Gasteiger partial charge in [0.1, 0.15) is 0 Å². The number of aryl methyl sites for hydroxylation is 1. The monoisotopic (exact) mass is 401 g/mol. The molecule has 5 nitrogen and oxygen atoms in total. The molecule has 0 saturated heterocycles. The lowest BCUT2D eigenvalue weighted by Crippen LogP contribution is -2.27. The minimum absolute atomic E-state index is 0. The standard InChI is InChI=1S/C22H25N3O.ClH.H2O/c23-17-10-8-16(9-11-17)15-22(26)24-13-12-19-18-5-1-2-6-20(18)25-14-4-3-7-21(19)25;;/h1-2,5-6,8-11H,3-4,7,12-15,23H2,(H,24,26);1H;1H2. The Labute approximate surface area is 171 Å². The number of halogens is 1. The van der Waals surface area contributed by atoms with Crippen LogP contribution in [0.4, 0.5) is 5.69 Å². The second-order valence-electron chi connectivity index (χ2n) is 7.07. The molecule has 0 aliphatic carbocycles. The number of carbonyl (C=O) groups excluding carboxylic acids is 1. The van der Waals surface area contributed by atoms with Gasteiger partial charge in [0.25, 0.3) is 0 Å². The molecule has 0 radical (unpaired) electrons. The molecular formula is C22H28ClN3O2. The lowest BCUT2D eigenvalue weighted by molar-refractivity contribution is -0.120. The number of rotatable bonds is 5. The topological polar surface area (TPSA) is 91.6 Å². The second kappa shape index (κ2) is 9.62. The first-order chi connectivity index (χ1) is 12.7.